The predicted octanol–water partition coefficient (Wildman–Crippen LogP) is 1.66. The average molecular weight is 296 g/mol. The van der Waals surface area contributed by atoms with Gasteiger partial charge in [0.1, 0.15) is 24.3 Å². The standard InChI is InChI=1S/C16H20N6/c1-10-4-15(19-8-17-10)21-6-13-5-14(7-21)22(13)16-11(2)12(3)18-9-20-16/h4,8-9,13-14H,5-7H2,1-3H3. The summed E-state index contributed by atoms with van der Waals surface area (Å²) in [6, 6.07) is 3.10. The molecule has 0 spiro atoms. The van der Waals surface area contributed by atoms with Crippen LogP contribution in [0, 0.1) is 20.8 Å². The molecule has 2 aromatic rings. The Morgan fingerprint density at radius 2 is 1.68 bits per heavy atom. The normalized spacial score (nSPS) is 23.4. The van der Waals surface area contributed by atoms with Gasteiger partial charge in [0.25, 0.3) is 0 Å². The molecule has 5 rings (SSSR count). The van der Waals surface area contributed by atoms with E-state index in [0.29, 0.717) is 12.1 Å². The summed E-state index contributed by atoms with van der Waals surface area (Å²) in [4.78, 5) is 22.2. The molecule has 3 aliphatic rings. The summed E-state index contributed by atoms with van der Waals surface area (Å²) in [6.07, 6.45) is 4.57. The molecule has 3 aliphatic heterocycles. The van der Waals surface area contributed by atoms with E-state index < -0.39 is 0 Å². The van der Waals surface area contributed by atoms with Crippen LogP contribution in [0.5, 0.6) is 0 Å². The lowest BCUT2D eigenvalue weighted by Gasteiger charge is -2.57. The molecule has 22 heavy (non-hydrogen) atoms. The monoisotopic (exact) mass is 296 g/mol. The van der Waals surface area contributed by atoms with Crippen LogP contribution in [0.15, 0.2) is 18.7 Å². The topological polar surface area (TPSA) is 58.0 Å². The van der Waals surface area contributed by atoms with Crippen molar-refractivity contribution in [3.63, 3.8) is 0 Å². The molecule has 0 N–H and O–H groups in total. The van der Waals surface area contributed by atoms with Crippen molar-refractivity contribution in [3.8, 4) is 0 Å². The van der Waals surface area contributed by atoms with E-state index in [1.165, 1.54) is 12.0 Å². The zero-order chi connectivity index (χ0) is 15.3. The van der Waals surface area contributed by atoms with Gasteiger partial charge in [0.15, 0.2) is 0 Å². The summed E-state index contributed by atoms with van der Waals surface area (Å²) in [6.45, 7) is 8.16. The minimum Gasteiger partial charge on any atom is -0.352 e. The highest BCUT2D eigenvalue weighted by Crippen LogP contribution is 2.38. The molecule has 2 atom stereocenters. The van der Waals surface area contributed by atoms with Crippen LogP contribution in [0.3, 0.4) is 0 Å². The third kappa shape index (κ3) is 2.01. The number of piperazine rings is 1. The molecule has 6 heteroatoms. The second-order valence-corrected chi connectivity index (χ2v) is 6.28. The summed E-state index contributed by atoms with van der Waals surface area (Å²) in [5, 5.41) is 0. The first-order valence-electron chi connectivity index (χ1n) is 7.73. The number of nitrogens with zero attached hydrogens (tertiary/aromatic N) is 6. The summed E-state index contributed by atoms with van der Waals surface area (Å²) < 4.78 is 0. The molecule has 2 bridgehead atoms. The van der Waals surface area contributed by atoms with Crippen molar-refractivity contribution in [3.05, 3.63) is 35.7 Å². The Hall–Kier alpha value is -2.24. The lowest BCUT2D eigenvalue weighted by atomic mass is 9.87. The van der Waals surface area contributed by atoms with Crippen LogP contribution in [-0.2, 0) is 0 Å². The SMILES string of the molecule is Cc1cc(N2CC3CC(C2)N3c2ncnc(C)c2C)ncn1. The van der Waals surface area contributed by atoms with Gasteiger partial charge < -0.3 is 9.80 Å². The highest BCUT2D eigenvalue weighted by atomic mass is 15.4. The van der Waals surface area contributed by atoms with Crippen LogP contribution in [0.25, 0.3) is 0 Å². The average Bonchev–Trinajstić information content (AvgIpc) is 2.52. The molecular formula is C16H20N6. The highest BCUT2D eigenvalue weighted by molar-refractivity contribution is 5.56. The third-order valence-corrected chi connectivity index (χ3v) is 4.86. The third-order valence-electron chi connectivity index (χ3n) is 4.86. The van der Waals surface area contributed by atoms with E-state index in [2.05, 4.69) is 42.7 Å². The Balaban J connectivity index is 1.57. The maximum Gasteiger partial charge on any atom is 0.135 e. The summed E-state index contributed by atoms with van der Waals surface area (Å²) in [5.41, 5.74) is 3.28. The van der Waals surface area contributed by atoms with Gasteiger partial charge in [-0.3, -0.25) is 0 Å². The second kappa shape index (κ2) is 4.90. The zero-order valence-electron chi connectivity index (χ0n) is 13.2. The first-order valence-corrected chi connectivity index (χ1v) is 7.73. The largest absolute Gasteiger partial charge is 0.352 e. The van der Waals surface area contributed by atoms with Gasteiger partial charge in [-0.1, -0.05) is 0 Å². The van der Waals surface area contributed by atoms with E-state index in [-0.39, 0.29) is 0 Å². The van der Waals surface area contributed by atoms with Crippen molar-refractivity contribution < 1.29 is 0 Å². The predicted molar refractivity (Wildman–Crippen MR) is 85.2 cm³/mol. The number of fused-ring (bicyclic) bond motifs is 2. The molecule has 0 saturated carbocycles. The van der Waals surface area contributed by atoms with Crippen molar-refractivity contribution in [2.24, 2.45) is 0 Å². The van der Waals surface area contributed by atoms with Crippen LogP contribution < -0.4 is 9.80 Å². The number of hydrogen-bond acceptors (Lipinski definition) is 6. The molecule has 3 fully saturated rings. The number of piperidine rings is 1. The Kier molecular flexibility index (Phi) is 2.99. The van der Waals surface area contributed by atoms with Crippen LogP contribution in [0.2, 0.25) is 0 Å². The Morgan fingerprint density at radius 3 is 2.41 bits per heavy atom. The molecule has 6 nitrogen and oxygen atoms in total. The first kappa shape index (κ1) is 13.4. The molecule has 2 aromatic heterocycles. The molecule has 0 amide bonds. The van der Waals surface area contributed by atoms with E-state index in [4.69, 9.17) is 0 Å². The quantitative estimate of drug-likeness (QED) is 0.840. The zero-order valence-corrected chi connectivity index (χ0v) is 13.2. The first-order chi connectivity index (χ1) is 10.6. The summed E-state index contributed by atoms with van der Waals surface area (Å²) in [5.74, 6) is 2.14. The van der Waals surface area contributed by atoms with E-state index in [9.17, 15) is 0 Å². The molecule has 0 radical (unpaired) electrons. The molecule has 0 aliphatic carbocycles. The van der Waals surface area contributed by atoms with E-state index in [0.717, 1.165) is 36.1 Å². The van der Waals surface area contributed by atoms with Gasteiger partial charge in [-0.05, 0) is 27.2 Å². The van der Waals surface area contributed by atoms with Gasteiger partial charge in [-0.25, -0.2) is 19.9 Å². The summed E-state index contributed by atoms with van der Waals surface area (Å²) >= 11 is 0. The lowest BCUT2D eigenvalue weighted by Crippen LogP contribution is -2.69. The van der Waals surface area contributed by atoms with Crippen molar-refractivity contribution in [1.29, 1.82) is 0 Å². The van der Waals surface area contributed by atoms with Crippen molar-refractivity contribution >= 4 is 11.6 Å². The van der Waals surface area contributed by atoms with Gasteiger partial charge in [0.05, 0.1) is 12.1 Å². The summed E-state index contributed by atoms with van der Waals surface area (Å²) in [7, 11) is 0. The van der Waals surface area contributed by atoms with Gasteiger partial charge in [-0.15, -0.1) is 0 Å². The van der Waals surface area contributed by atoms with Gasteiger partial charge >= 0.3 is 0 Å². The van der Waals surface area contributed by atoms with Crippen molar-refractivity contribution in [2.45, 2.75) is 39.3 Å². The van der Waals surface area contributed by atoms with Crippen molar-refractivity contribution in [1.82, 2.24) is 19.9 Å². The Labute approximate surface area is 130 Å². The van der Waals surface area contributed by atoms with E-state index >= 15 is 0 Å². The smallest absolute Gasteiger partial charge is 0.135 e. The van der Waals surface area contributed by atoms with E-state index in [1.807, 2.05) is 13.8 Å². The second-order valence-electron chi connectivity index (χ2n) is 6.28. The van der Waals surface area contributed by atoms with Crippen LogP contribution >= 0.6 is 0 Å². The lowest BCUT2D eigenvalue weighted by molar-refractivity contribution is 0.287. The number of rotatable bonds is 2. The maximum atomic E-state index is 4.53. The minimum atomic E-state index is 0.516. The van der Waals surface area contributed by atoms with E-state index in [1.54, 1.807) is 12.7 Å². The number of aryl methyl sites for hydroxylation is 2. The van der Waals surface area contributed by atoms with Gasteiger partial charge in [0, 0.05) is 36.1 Å². The molecule has 0 aromatic carbocycles. The van der Waals surface area contributed by atoms with Crippen molar-refractivity contribution in [2.75, 3.05) is 22.9 Å². The molecular weight excluding hydrogens is 276 g/mol. The fraction of sp³-hybridized carbons (Fsp3) is 0.500. The number of anilines is 2. The van der Waals surface area contributed by atoms with Crippen LogP contribution in [0.1, 0.15) is 23.4 Å². The maximum absolute atomic E-state index is 4.53. The molecule has 114 valence electrons. The fourth-order valence-electron chi connectivity index (χ4n) is 3.54. The van der Waals surface area contributed by atoms with Crippen LogP contribution in [-0.4, -0.2) is 45.1 Å². The number of hydrogen-bond donors (Lipinski definition) is 0. The van der Waals surface area contributed by atoms with Gasteiger partial charge in [-0.2, -0.15) is 0 Å². The Morgan fingerprint density at radius 1 is 0.955 bits per heavy atom. The minimum absolute atomic E-state index is 0.516. The molecule has 5 heterocycles. The molecule has 2 unspecified atom stereocenters. The molecule has 3 saturated heterocycles. The fourth-order valence-corrected chi connectivity index (χ4v) is 3.54. The number of aromatic nitrogens is 4. The Bertz CT molecular complexity index is 704. The van der Waals surface area contributed by atoms with Gasteiger partial charge in [0.2, 0.25) is 0 Å². The van der Waals surface area contributed by atoms with Crippen LogP contribution in [0.4, 0.5) is 11.6 Å². The highest BCUT2D eigenvalue weighted by Gasteiger charge is 2.46.